The van der Waals surface area contributed by atoms with Gasteiger partial charge in [-0.2, -0.15) is 10.1 Å². The third-order valence-electron chi connectivity index (χ3n) is 8.88. The lowest BCUT2D eigenvalue weighted by atomic mass is 9.89. The maximum Gasteiger partial charge on any atom is 0.357 e. The maximum absolute atomic E-state index is 13.6. The second-order valence-corrected chi connectivity index (χ2v) is 13.4. The normalized spacial score (nSPS) is 17.0. The molecule has 0 spiro atoms. The maximum atomic E-state index is 13.6. The number of amides is 1. The van der Waals surface area contributed by atoms with Gasteiger partial charge in [-0.25, -0.2) is 4.79 Å². The molecule has 0 saturated carbocycles. The van der Waals surface area contributed by atoms with Crippen molar-refractivity contribution >= 4 is 40.2 Å². The van der Waals surface area contributed by atoms with Gasteiger partial charge in [-0.1, -0.05) is 64.1 Å². The van der Waals surface area contributed by atoms with E-state index < -0.39 is 11.9 Å². The van der Waals surface area contributed by atoms with Crippen molar-refractivity contribution in [2.24, 2.45) is 16.9 Å². The summed E-state index contributed by atoms with van der Waals surface area (Å²) in [6, 6.07) is 22.3. The molecule has 3 aromatic carbocycles. The van der Waals surface area contributed by atoms with Crippen LogP contribution in [0.2, 0.25) is 0 Å². The number of rotatable bonds is 9. The minimum atomic E-state index is -1.23. The Labute approximate surface area is 272 Å². The molecule has 0 atom stereocenters. The molecule has 0 fully saturated rings. The third-order valence-corrected chi connectivity index (χ3v) is 8.88. The summed E-state index contributed by atoms with van der Waals surface area (Å²) in [4.78, 5) is 30.8. The molecule has 0 aromatic heterocycles. The van der Waals surface area contributed by atoms with Crippen LogP contribution >= 0.6 is 0 Å². The first-order valence-corrected chi connectivity index (χ1v) is 16.6. The highest BCUT2D eigenvalue weighted by Crippen LogP contribution is 2.36. The summed E-state index contributed by atoms with van der Waals surface area (Å²) in [5.74, 6) is -0.541. The summed E-state index contributed by atoms with van der Waals surface area (Å²) in [7, 11) is 0. The van der Waals surface area contributed by atoms with Gasteiger partial charge in [0.1, 0.15) is 0 Å². The number of para-hydroxylation sites is 1. The number of anilines is 3. The van der Waals surface area contributed by atoms with E-state index in [1.807, 2.05) is 12.1 Å². The number of hydrogen-bond donors (Lipinski definition) is 1. The number of carboxylic acids is 1. The first kappa shape index (κ1) is 31.3. The van der Waals surface area contributed by atoms with Gasteiger partial charge in [-0.3, -0.25) is 4.79 Å². The molecule has 0 aliphatic carbocycles. The first-order valence-electron chi connectivity index (χ1n) is 16.6. The van der Waals surface area contributed by atoms with Gasteiger partial charge >= 0.3 is 5.97 Å². The van der Waals surface area contributed by atoms with Gasteiger partial charge in [0.25, 0.3) is 5.91 Å². The molecule has 1 N–H and O–H groups in total. The average Bonchev–Trinajstić information content (AvgIpc) is 3.37. The van der Waals surface area contributed by atoms with Crippen LogP contribution in [0, 0.1) is 11.8 Å². The molecule has 6 rings (SSSR count). The molecule has 0 unspecified atom stereocenters. The molecule has 0 bridgehead atoms. The van der Waals surface area contributed by atoms with Gasteiger partial charge in [0.2, 0.25) is 0 Å². The molecular weight excluding hydrogens is 572 g/mol. The largest absolute Gasteiger partial charge is 0.476 e. The van der Waals surface area contributed by atoms with Crippen LogP contribution in [0.15, 0.2) is 89.6 Å². The van der Waals surface area contributed by atoms with E-state index in [1.165, 1.54) is 27.5 Å². The smallest absolute Gasteiger partial charge is 0.357 e. The zero-order valence-electron chi connectivity index (χ0n) is 27.4. The summed E-state index contributed by atoms with van der Waals surface area (Å²) in [6.45, 7) is 13.2. The van der Waals surface area contributed by atoms with Gasteiger partial charge < -0.3 is 14.9 Å². The Kier molecular flexibility index (Phi) is 9.11. The highest BCUT2D eigenvalue weighted by molar-refractivity contribution is 6.52. The summed E-state index contributed by atoms with van der Waals surface area (Å²) in [5.41, 5.74) is 8.63. The summed E-state index contributed by atoms with van der Waals surface area (Å²) < 4.78 is 0. The minimum absolute atomic E-state index is 0.0657. The molecule has 3 aromatic rings. The second kappa shape index (κ2) is 13.4. The number of aryl methyl sites for hydroxylation is 2. The van der Waals surface area contributed by atoms with Crippen LogP contribution in [0.4, 0.5) is 17.1 Å². The Morgan fingerprint density at radius 3 is 1.87 bits per heavy atom. The molecule has 1 amide bonds. The van der Waals surface area contributed by atoms with Gasteiger partial charge in [-0.15, -0.1) is 0 Å². The Balaban J connectivity index is 1.45. The van der Waals surface area contributed by atoms with Gasteiger partial charge in [-0.05, 0) is 108 Å². The van der Waals surface area contributed by atoms with E-state index in [-0.39, 0.29) is 11.3 Å². The van der Waals surface area contributed by atoms with Crippen molar-refractivity contribution in [1.82, 2.24) is 0 Å². The number of carboxylic acid groups (broad SMARTS) is 1. The van der Waals surface area contributed by atoms with Crippen LogP contribution in [-0.4, -0.2) is 48.9 Å². The van der Waals surface area contributed by atoms with Crippen LogP contribution in [0.25, 0.3) is 5.57 Å². The number of hydrogen-bond acceptors (Lipinski definition) is 5. The zero-order chi connectivity index (χ0) is 32.4. The Hall–Kier alpha value is -4.65. The van der Waals surface area contributed by atoms with Crippen molar-refractivity contribution in [3.8, 4) is 0 Å². The SMILES string of the molecule is CC(C)CN1CCCc2cc(C(=C/C=C3\C(=O)N(c4ccccc4)N=C3C(=O)O)c3ccc4c(c3)CCCN4CC(C)C)ccc21. The molecule has 7 nitrogen and oxygen atoms in total. The van der Waals surface area contributed by atoms with Gasteiger partial charge in [0.15, 0.2) is 5.71 Å². The lowest BCUT2D eigenvalue weighted by Gasteiger charge is -2.33. The lowest BCUT2D eigenvalue weighted by molar-refractivity contribution is -0.129. The Bertz CT molecular complexity index is 1650. The summed E-state index contributed by atoms with van der Waals surface area (Å²) in [6.07, 6.45) is 7.80. The third kappa shape index (κ3) is 6.50. The molecule has 7 heteroatoms. The minimum Gasteiger partial charge on any atom is -0.476 e. The van der Waals surface area contributed by atoms with Crippen molar-refractivity contribution < 1.29 is 14.7 Å². The van der Waals surface area contributed by atoms with E-state index in [0.717, 1.165) is 68.6 Å². The number of aliphatic carboxylic acids is 1. The quantitative estimate of drug-likeness (QED) is 0.255. The van der Waals surface area contributed by atoms with E-state index in [0.29, 0.717) is 17.5 Å². The van der Waals surface area contributed by atoms with Crippen LogP contribution in [-0.2, 0) is 22.4 Å². The van der Waals surface area contributed by atoms with Crippen molar-refractivity contribution in [3.63, 3.8) is 0 Å². The highest BCUT2D eigenvalue weighted by Gasteiger charge is 2.35. The van der Waals surface area contributed by atoms with Crippen molar-refractivity contribution in [2.45, 2.75) is 53.4 Å². The Morgan fingerprint density at radius 2 is 1.37 bits per heavy atom. The van der Waals surface area contributed by atoms with E-state index in [1.54, 1.807) is 30.3 Å². The van der Waals surface area contributed by atoms with Crippen LogP contribution in [0.3, 0.4) is 0 Å². The fourth-order valence-electron chi connectivity index (χ4n) is 6.94. The summed E-state index contributed by atoms with van der Waals surface area (Å²) >= 11 is 0. The molecule has 3 heterocycles. The van der Waals surface area contributed by atoms with E-state index in [9.17, 15) is 14.7 Å². The fourth-order valence-corrected chi connectivity index (χ4v) is 6.94. The fraction of sp³-hybridized carbons (Fsp3) is 0.359. The number of benzene rings is 3. The van der Waals surface area contributed by atoms with E-state index >= 15 is 0 Å². The standard InChI is InChI=1S/C39H44N4O3/c1-26(2)24-41-20-8-10-30-22-28(14-18-35(30)41)33(29-15-19-36-31(23-29)11-9-21-42(36)25-27(3)4)16-17-34-37(39(45)46)40-43(38(34)44)32-12-6-5-7-13-32/h5-7,12-19,22-23,26-27H,8-11,20-21,24-25H2,1-4H3,(H,45,46)/b34-17-. The van der Waals surface area contributed by atoms with E-state index in [2.05, 4.69) is 79.0 Å². The number of carbonyl (C=O) groups excluding carboxylic acids is 1. The van der Waals surface area contributed by atoms with Crippen LogP contribution in [0.5, 0.6) is 0 Å². The number of allylic oxidation sites excluding steroid dienone is 2. The monoisotopic (exact) mass is 616 g/mol. The number of hydrazone groups is 1. The van der Waals surface area contributed by atoms with E-state index in [4.69, 9.17) is 0 Å². The molecule has 3 aliphatic heterocycles. The highest BCUT2D eigenvalue weighted by atomic mass is 16.4. The van der Waals surface area contributed by atoms with Crippen molar-refractivity contribution in [3.05, 3.63) is 107 Å². The summed E-state index contributed by atoms with van der Waals surface area (Å²) in [5, 5.41) is 15.4. The van der Waals surface area contributed by atoms with Gasteiger partial charge in [0, 0.05) is 37.6 Å². The Morgan fingerprint density at radius 1 is 0.826 bits per heavy atom. The predicted molar refractivity (Wildman–Crippen MR) is 188 cm³/mol. The molecule has 238 valence electrons. The van der Waals surface area contributed by atoms with Gasteiger partial charge in [0.05, 0.1) is 11.3 Å². The van der Waals surface area contributed by atoms with Crippen molar-refractivity contribution in [1.29, 1.82) is 0 Å². The van der Waals surface area contributed by atoms with Crippen LogP contribution < -0.4 is 14.8 Å². The first-order chi connectivity index (χ1) is 22.2. The molecule has 3 aliphatic rings. The van der Waals surface area contributed by atoms with Crippen LogP contribution in [0.1, 0.15) is 62.8 Å². The number of nitrogens with zero attached hydrogens (tertiary/aromatic N) is 4. The molecular formula is C39H44N4O3. The lowest BCUT2D eigenvalue weighted by Crippen LogP contribution is -2.32. The second-order valence-electron chi connectivity index (χ2n) is 13.4. The molecule has 0 saturated heterocycles. The zero-order valence-corrected chi connectivity index (χ0v) is 27.4. The van der Waals surface area contributed by atoms with Crippen molar-refractivity contribution in [2.75, 3.05) is 41.0 Å². The predicted octanol–water partition coefficient (Wildman–Crippen LogP) is 7.35. The molecule has 0 radical (unpaired) electrons. The molecule has 46 heavy (non-hydrogen) atoms. The number of carbonyl (C=O) groups is 2. The number of fused-ring (bicyclic) bond motifs is 2. The average molecular weight is 617 g/mol. The topological polar surface area (TPSA) is 76.5 Å².